The quantitative estimate of drug-likeness (QED) is 0.750. The Labute approximate surface area is 143 Å². The molecule has 0 saturated heterocycles. The molecule has 1 N–H and O–H groups in total. The van der Waals surface area contributed by atoms with Crippen molar-refractivity contribution >= 4 is 21.8 Å². The zero-order valence-corrected chi connectivity index (χ0v) is 14.6. The first-order chi connectivity index (χ1) is 11.1. The summed E-state index contributed by atoms with van der Waals surface area (Å²) in [4.78, 5) is 12.2. The van der Waals surface area contributed by atoms with E-state index >= 15 is 0 Å². The molecule has 0 unspecified atom stereocenters. The predicted molar refractivity (Wildman–Crippen MR) is 91.5 cm³/mol. The SMILES string of the molecule is COc1cc(OC)cc(C(=O)NCCOc2cccc(Br)c2)c1. The lowest BCUT2D eigenvalue weighted by Crippen LogP contribution is -2.28. The second-order valence-electron chi connectivity index (χ2n) is 4.66. The molecule has 0 saturated carbocycles. The normalized spacial score (nSPS) is 10.0. The molecule has 0 heterocycles. The number of carbonyl (C=O) groups excluding carboxylic acids is 1. The molecule has 5 nitrogen and oxygen atoms in total. The molecule has 0 fully saturated rings. The van der Waals surface area contributed by atoms with Gasteiger partial charge in [-0.3, -0.25) is 4.79 Å². The Morgan fingerprint density at radius 1 is 1.04 bits per heavy atom. The van der Waals surface area contributed by atoms with Crippen molar-refractivity contribution in [1.82, 2.24) is 5.32 Å². The molecule has 0 atom stereocenters. The van der Waals surface area contributed by atoms with Gasteiger partial charge >= 0.3 is 0 Å². The van der Waals surface area contributed by atoms with E-state index in [1.807, 2.05) is 24.3 Å². The molecule has 122 valence electrons. The molecule has 2 rings (SSSR count). The average Bonchev–Trinajstić information content (AvgIpc) is 2.58. The lowest BCUT2D eigenvalue weighted by Gasteiger charge is -2.10. The molecule has 0 aliphatic carbocycles. The Balaban J connectivity index is 1.87. The number of hydrogen-bond acceptors (Lipinski definition) is 4. The monoisotopic (exact) mass is 379 g/mol. The highest BCUT2D eigenvalue weighted by molar-refractivity contribution is 9.10. The Bertz CT molecular complexity index is 653. The third-order valence-electron chi connectivity index (χ3n) is 3.07. The van der Waals surface area contributed by atoms with Crippen molar-refractivity contribution in [3.63, 3.8) is 0 Å². The van der Waals surface area contributed by atoms with Crippen LogP contribution >= 0.6 is 15.9 Å². The number of halogens is 1. The van der Waals surface area contributed by atoms with Gasteiger partial charge in [0.15, 0.2) is 0 Å². The number of carbonyl (C=O) groups is 1. The number of methoxy groups -OCH3 is 2. The highest BCUT2D eigenvalue weighted by Crippen LogP contribution is 2.22. The van der Waals surface area contributed by atoms with Crippen LogP contribution in [0.4, 0.5) is 0 Å². The van der Waals surface area contributed by atoms with E-state index in [-0.39, 0.29) is 5.91 Å². The van der Waals surface area contributed by atoms with Gasteiger partial charge in [-0.25, -0.2) is 0 Å². The summed E-state index contributed by atoms with van der Waals surface area (Å²) >= 11 is 3.38. The second-order valence-corrected chi connectivity index (χ2v) is 5.58. The van der Waals surface area contributed by atoms with Crippen LogP contribution in [0.2, 0.25) is 0 Å². The fourth-order valence-corrected chi connectivity index (χ4v) is 2.31. The molecule has 0 spiro atoms. The van der Waals surface area contributed by atoms with Gasteiger partial charge in [0.05, 0.1) is 20.8 Å². The van der Waals surface area contributed by atoms with E-state index in [9.17, 15) is 4.79 Å². The lowest BCUT2D eigenvalue weighted by molar-refractivity contribution is 0.0946. The predicted octanol–water partition coefficient (Wildman–Crippen LogP) is 3.28. The van der Waals surface area contributed by atoms with Crippen LogP contribution in [0.25, 0.3) is 0 Å². The summed E-state index contributed by atoms with van der Waals surface area (Å²) in [7, 11) is 3.09. The first-order valence-electron chi connectivity index (χ1n) is 7.02. The van der Waals surface area contributed by atoms with Gasteiger partial charge in [-0.05, 0) is 30.3 Å². The van der Waals surface area contributed by atoms with Crippen LogP contribution in [-0.2, 0) is 0 Å². The fourth-order valence-electron chi connectivity index (χ4n) is 1.93. The van der Waals surface area contributed by atoms with Crippen LogP contribution in [0.1, 0.15) is 10.4 Å². The molecule has 1 amide bonds. The van der Waals surface area contributed by atoms with Crippen LogP contribution in [0.5, 0.6) is 17.2 Å². The molecular formula is C17H18BrNO4. The van der Waals surface area contributed by atoms with E-state index < -0.39 is 0 Å². The van der Waals surface area contributed by atoms with Crippen LogP contribution in [0, 0.1) is 0 Å². The summed E-state index contributed by atoms with van der Waals surface area (Å²) in [5, 5.41) is 2.80. The van der Waals surface area contributed by atoms with Crippen LogP contribution < -0.4 is 19.5 Å². The zero-order valence-electron chi connectivity index (χ0n) is 13.0. The highest BCUT2D eigenvalue weighted by atomic mass is 79.9. The number of nitrogens with one attached hydrogen (secondary N) is 1. The van der Waals surface area contributed by atoms with Crippen molar-refractivity contribution in [3.8, 4) is 17.2 Å². The number of amides is 1. The molecule has 0 bridgehead atoms. The Morgan fingerprint density at radius 2 is 1.74 bits per heavy atom. The summed E-state index contributed by atoms with van der Waals surface area (Å²) in [6.07, 6.45) is 0. The minimum atomic E-state index is -0.208. The van der Waals surface area contributed by atoms with Gasteiger partial charge in [-0.2, -0.15) is 0 Å². The molecule has 2 aromatic rings. The topological polar surface area (TPSA) is 56.8 Å². The standard InChI is InChI=1S/C17H18BrNO4/c1-21-15-8-12(9-16(11-15)22-2)17(20)19-6-7-23-14-5-3-4-13(18)10-14/h3-5,8-11H,6-7H2,1-2H3,(H,19,20). The van der Waals surface area contributed by atoms with Gasteiger partial charge in [0.25, 0.3) is 5.91 Å². The van der Waals surface area contributed by atoms with E-state index in [1.165, 1.54) is 0 Å². The van der Waals surface area contributed by atoms with Gasteiger partial charge in [-0.1, -0.05) is 22.0 Å². The van der Waals surface area contributed by atoms with Gasteiger partial charge in [-0.15, -0.1) is 0 Å². The van der Waals surface area contributed by atoms with Crippen molar-refractivity contribution in [3.05, 3.63) is 52.5 Å². The third kappa shape index (κ3) is 5.17. The maximum absolute atomic E-state index is 12.2. The highest BCUT2D eigenvalue weighted by Gasteiger charge is 2.09. The van der Waals surface area contributed by atoms with Crippen molar-refractivity contribution in [2.75, 3.05) is 27.4 Å². The van der Waals surface area contributed by atoms with Gasteiger partial charge in [0.2, 0.25) is 0 Å². The fraction of sp³-hybridized carbons (Fsp3) is 0.235. The summed E-state index contributed by atoms with van der Waals surface area (Å²) in [5.74, 6) is 1.68. The maximum atomic E-state index is 12.2. The number of benzene rings is 2. The lowest BCUT2D eigenvalue weighted by atomic mass is 10.2. The van der Waals surface area contributed by atoms with Crippen molar-refractivity contribution < 1.29 is 19.0 Å². The van der Waals surface area contributed by atoms with Gasteiger partial charge in [0, 0.05) is 16.1 Å². The van der Waals surface area contributed by atoms with Crippen LogP contribution in [0.15, 0.2) is 46.9 Å². The molecular weight excluding hydrogens is 362 g/mol. The number of ether oxygens (including phenoxy) is 3. The van der Waals surface area contributed by atoms with Crippen molar-refractivity contribution in [2.45, 2.75) is 0 Å². The summed E-state index contributed by atoms with van der Waals surface area (Å²) in [5.41, 5.74) is 0.476. The Kier molecular flexibility index (Phi) is 6.29. The van der Waals surface area contributed by atoms with Crippen molar-refractivity contribution in [2.24, 2.45) is 0 Å². The van der Waals surface area contributed by atoms with E-state index in [1.54, 1.807) is 32.4 Å². The minimum Gasteiger partial charge on any atom is -0.497 e. The summed E-state index contributed by atoms with van der Waals surface area (Å²) in [6, 6.07) is 12.6. The smallest absolute Gasteiger partial charge is 0.251 e. The number of rotatable bonds is 7. The minimum absolute atomic E-state index is 0.208. The summed E-state index contributed by atoms with van der Waals surface area (Å²) < 4.78 is 16.8. The van der Waals surface area contributed by atoms with Gasteiger partial charge < -0.3 is 19.5 Å². The van der Waals surface area contributed by atoms with E-state index in [2.05, 4.69) is 21.2 Å². The van der Waals surface area contributed by atoms with E-state index in [0.717, 1.165) is 10.2 Å². The molecule has 2 aromatic carbocycles. The first kappa shape index (κ1) is 17.1. The molecule has 23 heavy (non-hydrogen) atoms. The van der Waals surface area contributed by atoms with Crippen molar-refractivity contribution in [1.29, 1.82) is 0 Å². The largest absolute Gasteiger partial charge is 0.497 e. The zero-order chi connectivity index (χ0) is 16.7. The average molecular weight is 380 g/mol. The molecule has 0 aliphatic rings. The Hall–Kier alpha value is -2.21. The first-order valence-corrected chi connectivity index (χ1v) is 7.81. The van der Waals surface area contributed by atoms with Gasteiger partial charge in [0.1, 0.15) is 23.9 Å². The van der Waals surface area contributed by atoms with E-state index in [0.29, 0.717) is 30.2 Å². The van der Waals surface area contributed by atoms with E-state index in [4.69, 9.17) is 14.2 Å². The molecule has 6 heteroatoms. The number of hydrogen-bond donors (Lipinski definition) is 1. The van der Waals surface area contributed by atoms with Crippen LogP contribution in [0.3, 0.4) is 0 Å². The molecule has 0 aliphatic heterocycles. The maximum Gasteiger partial charge on any atom is 0.251 e. The Morgan fingerprint density at radius 3 is 2.35 bits per heavy atom. The third-order valence-corrected chi connectivity index (χ3v) is 3.56. The van der Waals surface area contributed by atoms with Crippen LogP contribution in [-0.4, -0.2) is 33.3 Å². The summed E-state index contributed by atoms with van der Waals surface area (Å²) in [6.45, 7) is 0.772. The molecule has 0 radical (unpaired) electrons. The molecule has 0 aromatic heterocycles. The second kappa shape index (κ2) is 8.43.